The molecule has 0 radical (unpaired) electrons. The second kappa shape index (κ2) is 9.30. The predicted octanol–water partition coefficient (Wildman–Crippen LogP) is 3.12. The summed E-state index contributed by atoms with van der Waals surface area (Å²) in [5.41, 5.74) is 3.57. The van der Waals surface area contributed by atoms with Crippen LogP contribution in [0.3, 0.4) is 0 Å². The minimum atomic E-state index is -3.88. The number of aryl methyl sites for hydroxylation is 1. The third kappa shape index (κ3) is 4.96. The van der Waals surface area contributed by atoms with Gasteiger partial charge in [-0.15, -0.1) is 0 Å². The Morgan fingerprint density at radius 2 is 1.85 bits per heavy atom. The Morgan fingerprint density at radius 1 is 1.15 bits per heavy atom. The Hall–Kier alpha value is -3.66. The van der Waals surface area contributed by atoms with E-state index in [0.29, 0.717) is 22.9 Å². The van der Waals surface area contributed by atoms with Crippen LogP contribution in [0.25, 0.3) is 0 Å². The number of hydrogen-bond acceptors (Lipinski definition) is 6. The minimum absolute atomic E-state index is 0.0148. The lowest BCUT2D eigenvalue weighted by molar-refractivity contribution is 0.0600. The topological polar surface area (TPSA) is 119 Å². The van der Waals surface area contributed by atoms with E-state index in [1.165, 1.54) is 31.4 Å². The number of nitrogens with zero attached hydrogens (tertiary/aromatic N) is 2. The summed E-state index contributed by atoms with van der Waals surface area (Å²) in [5, 5.41) is 7.32. The molecule has 0 saturated heterocycles. The Morgan fingerprint density at radius 3 is 2.50 bits per heavy atom. The van der Waals surface area contributed by atoms with Crippen molar-refractivity contribution in [1.29, 1.82) is 0 Å². The summed E-state index contributed by atoms with van der Waals surface area (Å²) < 4.78 is 34.5. The van der Waals surface area contributed by atoms with Gasteiger partial charge in [-0.1, -0.05) is 12.1 Å². The molecule has 0 unspecified atom stereocenters. The van der Waals surface area contributed by atoms with Gasteiger partial charge >= 0.3 is 5.97 Å². The monoisotopic (exact) mass is 482 g/mol. The van der Waals surface area contributed by atoms with Crippen LogP contribution < -0.4 is 10.0 Å². The number of hydrogen-bond donors (Lipinski definition) is 2. The van der Waals surface area contributed by atoms with Crippen LogP contribution in [0.2, 0.25) is 0 Å². The zero-order valence-corrected chi connectivity index (χ0v) is 20.0. The molecule has 4 rings (SSSR count). The number of methoxy groups -OCH3 is 1. The maximum atomic E-state index is 12.9. The molecule has 3 aromatic rings. The molecule has 9 nitrogen and oxygen atoms in total. The number of esters is 1. The van der Waals surface area contributed by atoms with Gasteiger partial charge in [0, 0.05) is 19.5 Å². The van der Waals surface area contributed by atoms with Crippen LogP contribution >= 0.6 is 0 Å². The van der Waals surface area contributed by atoms with Gasteiger partial charge in [-0.3, -0.25) is 14.2 Å². The van der Waals surface area contributed by atoms with Crippen molar-refractivity contribution in [3.05, 3.63) is 76.6 Å². The third-order valence-electron chi connectivity index (χ3n) is 5.84. The average Bonchev–Trinajstić information content (AvgIpc) is 3.60. The third-order valence-corrected chi connectivity index (χ3v) is 7.22. The van der Waals surface area contributed by atoms with E-state index in [-0.39, 0.29) is 22.9 Å². The van der Waals surface area contributed by atoms with E-state index in [4.69, 9.17) is 0 Å². The van der Waals surface area contributed by atoms with E-state index in [1.807, 2.05) is 12.1 Å². The molecule has 1 fully saturated rings. The molecule has 2 aromatic carbocycles. The van der Waals surface area contributed by atoms with Gasteiger partial charge in [0.25, 0.3) is 15.9 Å². The lowest BCUT2D eigenvalue weighted by Gasteiger charge is -2.14. The molecule has 178 valence electrons. The number of nitrogens with one attached hydrogen (secondary N) is 2. The van der Waals surface area contributed by atoms with E-state index in [0.717, 1.165) is 24.1 Å². The molecular weight excluding hydrogens is 456 g/mol. The van der Waals surface area contributed by atoms with E-state index >= 15 is 0 Å². The summed E-state index contributed by atoms with van der Waals surface area (Å²) in [6.45, 7) is 2.02. The van der Waals surface area contributed by atoms with Gasteiger partial charge in [-0.05, 0) is 67.3 Å². The standard InChI is InChI=1S/C24H26N4O5S/c1-15-18(14-25-23(29)22-13-21(16-7-8-16)26-28(22)2)5-4-6-20(15)27-34(31,32)19-11-9-17(10-12-19)24(30)33-3/h4-6,9-13,16,27H,7-8,14H2,1-3H3,(H,25,29). The Balaban J connectivity index is 1.46. The summed E-state index contributed by atoms with van der Waals surface area (Å²) in [7, 11) is -0.874. The van der Waals surface area contributed by atoms with Gasteiger partial charge in [0.2, 0.25) is 0 Å². The lowest BCUT2D eigenvalue weighted by atomic mass is 10.1. The maximum absolute atomic E-state index is 12.9. The number of sulfonamides is 1. The van der Waals surface area contributed by atoms with Gasteiger partial charge in [0.15, 0.2) is 0 Å². The van der Waals surface area contributed by atoms with Gasteiger partial charge < -0.3 is 10.1 Å². The largest absolute Gasteiger partial charge is 0.465 e. The average molecular weight is 483 g/mol. The van der Waals surface area contributed by atoms with E-state index in [1.54, 1.807) is 30.8 Å². The quantitative estimate of drug-likeness (QED) is 0.476. The highest BCUT2D eigenvalue weighted by Crippen LogP contribution is 2.39. The first-order chi connectivity index (χ1) is 16.2. The fourth-order valence-corrected chi connectivity index (χ4v) is 4.75. The van der Waals surface area contributed by atoms with Crippen LogP contribution in [0.4, 0.5) is 5.69 Å². The van der Waals surface area contributed by atoms with Gasteiger partial charge in [0.05, 0.1) is 29.0 Å². The fourth-order valence-electron chi connectivity index (χ4n) is 3.62. The first-order valence-corrected chi connectivity index (χ1v) is 12.3. The van der Waals surface area contributed by atoms with Crippen molar-refractivity contribution in [2.75, 3.05) is 11.8 Å². The van der Waals surface area contributed by atoms with E-state index in [9.17, 15) is 18.0 Å². The smallest absolute Gasteiger partial charge is 0.337 e. The van der Waals surface area contributed by atoms with E-state index < -0.39 is 16.0 Å². The van der Waals surface area contributed by atoms with Gasteiger partial charge in [0.1, 0.15) is 5.69 Å². The normalized spacial score (nSPS) is 13.4. The van der Waals surface area contributed by atoms with Gasteiger partial charge in [-0.25, -0.2) is 13.2 Å². The molecule has 0 spiro atoms. The van der Waals surface area contributed by atoms with Crippen molar-refractivity contribution in [2.24, 2.45) is 7.05 Å². The number of ether oxygens (including phenoxy) is 1. The minimum Gasteiger partial charge on any atom is -0.465 e. The first-order valence-electron chi connectivity index (χ1n) is 10.8. The molecular formula is C24H26N4O5S. The zero-order chi connectivity index (χ0) is 24.5. The molecule has 1 amide bonds. The molecule has 34 heavy (non-hydrogen) atoms. The summed E-state index contributed by atoms with van der Waals surface area (Å²) in [6, 6.07) is 12.5. The number of carbonyl (C=O) groups excluding carboxylic acids is 2. The molecule has 0 bridgehead atoms. The van der Waals surface area contributed by atoms with Crippen LogP contribution in [0.5, 0.6) is 0 Å². The van der Waals surface area contributed by atoms with Gasteiger partial charge in [-0.2, -0.15) is 5.10 Å². The number of amides is 1. The highest BCUT2D eigenvalue weighted by Gasteiger charge is 2.28. The van der Waals surface area contributed by atoms with Crippen LogP contribution in [0.1, 0.15) is 56.4 Å². The molecule has 0 atom stereocenters. The van der Waals surface area contributed by atoms with E-state index in [2.05, 4.69) is 19.9 Å². The molecule has 1 saturated carbocycles. The molecule has 1 aliphatic carbocycles. The predicted molar refractivity (Wildman–Crippen MR) is 126 cm³/mol. The second-order valence-corrected chi connectivity index (χ2v) is 9.93. The molecule has 0 aliphatic heterocycles. The van der Waals surface area contributed by atoms with Crippen molar-refractivity contribution in [3.63, 3.8) is 0 Å². The number of anilines is 1. The lowest BCUT2D eigenvalue weighted by Crippen LogP contribution is -2.25. The Labute approximate surface area is 198 Å². The molecule has 1 aromatic heterocycles. The van der Waals surface area contributed by atoms with Crippen molar-refractivity contribution < 1.29 is 22.7 Å². The molecule has 1 aliphatic rings. The van der Waals surface area contributed by atoms with Crippen LogP contribution in [-0.2, 0) is 28.4 Å². The number of aromatic nitrogens is 2. The second-order valence-electron chi connectivity index (χ2n) is 8.25. The van der Waals surface area contributed by atoms with Crippen LogP contribution in [0, 0.1) is 6.92 Å². The van der Waals surface area contributed by atoms with Crippen LogP contribution in [-0.4, -0.2) is 37.2 Å². The highest BCUT2D eigenvalue weighted by molar-refractivity contribution is 7.92. The van der Waals surface area contributed by atoms with Crippen molar-refractivity contribution in [1.82, 2.24) is 15.1 Å². The van der Waals surface area contributed by atoms with Crippen molar-refractivity contribution in [2.45, 2.75) is 37.1 Å². The first kappa shape index (κ1) is 23.5. The molecule has 10 heteroatoms. The van der Waals surface area contributed by atoms with Crippen LogP contribution in [0.15, 0.2) is 53.4 Å². The summed E-state index contributed by atoms with van der Waals surface area (Å²) in [6.07, 6.45) is 2.21. The summed E-state index contributed by atoms with van der Waals surface area (Å²) >= 11 is 0. The molecule has 1 heterocycles. The number of carbonyl (C=O) groups is 2. The summed E-state index contributed by atoms with van der Waals surface area (Å²) in [4.78, 5) is 24.3. The Kier molecular flexibility index (Phi) is 6.43. The summed E-state index contributed by atoms with van der Waals surface area (Å²) in [5.74, 6) is -0.327. The zero-order valence-electron chi connectivity index (χ0n) is 19.2. The maximum Gasteiger partial charge on any atom is 0.337 e. The number of rotatable bonds is 8. The fraction of sp³-hybridized carbons (Fsp3) is 0.292. The van der Waals surface area contributed by atoms with Crippen molar-refractivity contribution in [3.8, 4) is 0 Å². The van der Waals surface area contributed by atoms with Crippen molar-refractivity contribution >= 4 is 27.6 Å². The number of benzene rings is 2. The Bertz CT molecular complexity index is 1340. The SMILES string of the molecule is COC(=O)c1ccc(S(=O)(=O)Nc2cccc(CNC(=O)c3cc(C4CC4)nn3C)c2C)cc1. The highest BCUT2D eigenvalue weighted by atomic mass is 32.2. The molecule has 2 N–H and O–H groups in total.